The Morgan fingerprint density at radius 3 is 2.52 bits per heavy atom. The lowest BCUT2D eigenvalue weighted by atomic mass is 10.1. The summed E-state index contributed by atoms with van der Waals surface area (Å²) in [5, 5.41) is 12.4. The average Bonchev–Trinajstić information content (AvgIpc) is 3.35. The fourth-order valence-corrected chi connectivity index (χ4v) is 2.78. The summed E-state index contributed by atoms with van der Waals surface area (Å²) in [6.07, 6.45) is 6.08. The summed E-state index contributed by atoms with van der Waals surface area (Å²) in [5.74, 6) is -0.912. The number of likely N-dealkylation sites (N-methyl/N-ethyl adjacent to an activating group) is 2. The number of carboxylic acids is 1. The first kappa shape index (κ1) is 15.5. The highest BCUT2D eigenvalue weighted by atomic mass is 16.4. The van der Waals surface area contributed by atoms with E-state index >= 15 is 0 Å². The number of benzene rings is 1. The molecule has 0 saturated heterocycles. The van der Waals surface area contributed by atoms with Crippen LogP contribution >= 0.6 is 0 Å². The SMILES string of the molecule is CNC1(CN(C)c2cncc(-c3ccc(C(=O)O)cc3)c2)CC1. The first-order valence-corrected chi connectivity index (χ1v) is 7.72. The Balaban J connectivity index is 1.80. The maximum Gasteiger partial charge on any atom is 0.335 e. The van der Waals surface area contributed by atoms with Gasteiger partial charge in [-0.25, -0.2) is 4.79 Å². The molecule has 5 heteroatoms. The molecule has 1 fully saturated rings. The van der Waals surface area contributed by atoms with Crippen LogP contribution in [0, 0.1) is 0 Å². The first-order valence-electron chi connectivity index (χ1n) is 7.72. The Bertz CT molecular complexity index is 708. The summed E-state index contributed by atoms with van der Waals surface area (Å²) >= 11 is 0. The molecule has 0 radical (unpaired) electrons. The molecule has 3 rings (SSSR count). The number of nitrogens with zero attached hydrogens (tertiary/aromatic N) is 2. The van der Waals surface area contributed by atoms with Crippen molar-refractivity contribution in [2.45, 2.75) is 18.4 Å². The van der Waals surface area contributed by atoms with Crippen LogP contribution in [0.25, 0.3) is 11.1 Å². The van der Waals surface area contributed by atoms with Gasteiger partial charge in [-0.3, -0.25) is 4.98 Å². The Morgan fingerprint density at radius 1 is 1.26 bits per heavy atom. The number of carbonyl (C=O) groups is 1. The number of aromatic nitrogens is 1. The second-order valence-electron chi connectivity index (χ2n) is 6.20. The number of pyridine rings is 1. The third-order valence-electron chi connectivity index (χ3n) is 4.55. The summed E-state index contributed by atoms with van der Waals surface area (Å²) in [4.78, 5) is 17.5. The maximum atomic E-state index is 10.9. The number of nitrogens with one attached hydrogen (secondary N) is 1. The van der Waals surface area contributed by atoms with Gasteiger partial charge >= 0.3 is 5.97 Å². The van der Waals surface area contributed by atoms with Gasteiger partial charge in [-0.15, -0.1) is 0 Å². The molecule has 0 amide bonds. The number of anilines is 1. The predicted octanol–water partition coefficient (Wildman–Crippen LogP) is 2.64. The minimum absolute atomic E-state index is 0.244. The Kier molecular flexibility index (Phi) is 4.05. The Morgan fingerprint density at radius 2 is 1.96 bits per heavy atom. The largest absolute Gasteiger partial charge is 0.478 e. The van der Waals surface area contributed by atoms with Gasteiger partial charge in [0.25, 0.3) is 0 Å². The van der Waals surface area contributed by atoms with Gasteiger partial charge in [-0.1, -0.05) is 12.1 Å². The van der Waals surface area contributed by atoms with Gasteiger partial charge in [-0.2, -0.15) is 0 Å². The molecule has 0 bridgehead atoms. The molecular weight excluding hydrogens is 290 g/mol. The Hall–Kier alpha value is -2.40. The highest BCUT2D eigenvalue weighted by Gasteiger charge is 2.41. The normalized spacial score (nSPS) is 15.2. The second kappa shape index (κ2) is 6.01. The molecule has 1 aliphatic rings. The van der Waals surface area contributed by atoms with Crippen molar-refractivity contribution in [3.05, 3.63) is 48.3 Å². The zero-order valence-corrected chi connectivity index (χ0v) is 13.4. The molecule has 1 saturated carbocycles. The van der Waals surface area contributed by atoms with Crippen molar-refractivity contribution in [3.8, 4) is 11.1 Å². The third kappa shape index (κ3) is 3.35. The standard InChI is InChI=1S/C18H21N3O2/c1-19-18(7-8-18)12-21(2)16-9-15(10-20-11-16)13-3-5-14(6-4-13)17(22)23/h3-6,9-11,19H,7-8,12H2,1-2H3,(H,22,23). The van der Waals surface area contributed by atoms with Gasteiger partial charge < -0.3 is 15.3 Å². The van der Waals surface area contributed by atoms with Crippen LogP contribution in [0.3, 0.4) is 0 Å². The summed E-state index contributed by atoms with van der Waals surface area (Å²) in [7, 11) is 4.09. The summed E-state index contributed by atoms with van der Waals surface area (Å²) < 4.78 is 0. The van der Waals surface area contributed by atoms with Crippen LogP contribution in [-0.2, 0) is 0 Å². The van der Waals surface area contributed by atoms with Crippen LogP contribution < -0.4 is 10.2 Å². The molecule has 1 heterocycles. The minimum Gasteiger partial charge on any atom is -0.478 e. The lowest BCUT2D eigenvalue weighted by molar-refractivity contribution is 0.0697. The first-order chi connectivity index (χ1) is 11.0. The van der Waals surface area contributed by atoms with Crippen molar-refractivity contribution in [1.82, 2.24) is 10.3 Å². The number of aromatic carboxylic acids is 1. The van der Waals surface area contributed by atoms with Crippen molar-refractivity contribution in [1.29, 1.82) is 0 Å². The summed E-state index contributed by atoms with van der Waals surface area (Å²) in [5.41, 5.74) is 3.55. The van der Waals surface area contributed by atoms with Gasteiger partial charge in [0.05, 0.1) is 17.4 Å². The van der Waals surface area contributed by atoms with Gasteiger partial charge in [0.15, 0.2) is 0 Å². The van der Waals surface area contributed by atoms with E-state index in [2.05, 4.69) is 28.3 Å². The molecule has 5 nitrogen and oxygen atoms in total. The molecule has 0 atom stereocenters. The molecule has 1 aliphatic carbocycles. The van der Waals surface area contributed by atoms with Crippen LogP contribution in [0.5, 0.6) is 0 Å². The van der Waals surface area contributed by atoms with E-state index in [1.807, 2.05) is 25.4 Å². The highest BCUT2D eigenvalue weighted by molar-refractivity contribution is 5.88. The molecule has 0 spiro atoms. The van der Waals surface area contributed by atoms with E-state index in [9.17, 15) is 4.79 Å². The van der Waals surface area contributed by atoms with E-state index in [1.54, 1.807) is 18.3 Å². The molecule has 1 aromatic carbocycles. The topological polar surface area (TPSA) is 65.5 Å². The molecule has 2 N–H and O–H groups in total. The number of hydrogen-bond donors (Lipinski definition) is 2. The molecular formula is C18H21N3O2. The van der Waals surface area contributed by atoms with Crippen molar-refractivity contribution < 1.29 is 9.90 Å². The number of carboxylic acid groups (broad SMARTS) is 1. The zero-order valence-electron chi connectivity index (χ0n) is 13.4. The summed E-state index contributed by atoms with van der Waals surface area (Å²) in [6.45, 7) is 0.951. The van der Waals surface area contributed by atoms with Crippen LogP contribution in [0.4, 0.5) is 5.69 Å². The van der Waals surface area contributed by atoms with Crippen molar-refractivity contribution in [2.75, 3.05) is 25.5 Å². The fraction of sp³-hybridized carbons (Fsp3) is 0.333. The van der Waals surface area contributed by atoms with E-state index in [0.717, 1.165) is 23.4 Å². The molecule has 1 aromatic heterocycles. The number of rotatable bonds is 6. The molecule has 0 aliphatic heterocycles. The van der Waals surface area contributed by atoms with E-state index in [1.165, 1.54) is 12.8 Å². The lowest BCUT2D eigenvalue weighted by Gasteiger charge is -2.25. The average molecular weight is 311 g/mol. The minimum atomic E-state index is -0.912. The monoisotopic (exact) mass is 311 g/mol. The van der Waals surface area contributed by atoms with Gasteiger partial charge in [-0.05, 0) is 43.7 Å². The van der Waals surface area contributed by atoms with Crippen LogP contribution in [0.15, 0.2) is 42.7 Å². The second-order valence-corrected chi connectivity index (χ2v) is 6.20. The van der Waals surface area contributed by atoms with Crippen LogP contribution in [0.2, 0.25) is 0 Å². The lowest BCUT2D eigenvalue weighted by Crippen LogP contribution is -2.39. The van der Waals surface area contributed by atoms with E-state index < -0.39 is 5.97 Å². The van der Waals surface area contributed by atoms with Crippen LogP contribution in [0.1, 0.15) is 23.2 Å². The smallest absolute Gasteiger partial charge is 0.335 e. The molecule has 2 aromatic rings. The fourth-order valence-electron chi connectivity index (χ4n) is 2.78. The highest BCUT2D eigenvalue weighted by Crippen LogP contribution is 2.36. The third-order valence-corrected chi connectivity index (χ3v) is 4.55. The van der Waals surface area contributed by atoms with E-state index in [0.29, 0.717) is 5.56 Å². The van der Waals surface area contributed by atoms with Crippen molar-refractivity contribution in [2.24, 2.45) is 0 Å². The Labute approximate surface area is 136 Å². The van der Waals surface area contributed by atoms with Gasteiger partial charge in [0.1, 0.15) is 0 Å². The van der Waals surface area contributed by atoms with Crippen LogP contribution in [-0.4, -0.2) is 42.2 Å². The van der Waals surface area contributed by atoms with Crippen molar-refractivity contribution >= 4 is 11.7 Å². The quantitative estimate of drug-likeness (QED) is 0.858. The number of hydrogen-bond acceptors (Lipinski definition) is 4. The molecule has 23 heavy (non-hydrogen) atoms. The zero-order chi connectivity index (χ0) is 16.4. The predicted molar refractivity (Wildman–Crippen MR) is 90.9 cm³/mol. The van der Waals surface area contributed by atoms with E-state index in [-0.39, 0.29) is 5.54 Å². The van der Waals surface area contributed by atoms with Crippen molar-refractivity contribution in [3.63, 3.8) is 0 Å². The van der Waals surface area contributed by atoms with Gasteiger partial charge in [0, 0.05) is 30.9 Å². The molecule has 120 valence electrons. The van der Waals surface area contributed by atoms with E-state index in [4.69, 9.17) is 5.11 Å². The summed E-state index contributed by atoms with van der Waals surface area (Å²) in [6, 6.07) is 8.97. The molecule has 0 unspecified atom stereocenters. The maximum absolute atomic E-state index is 10.9. The van der Waals surface area contributed by atoms with Gasteiger partial charge in [0.2, 0.25) is 0 Å².